The van der Waals surface area contributed by atoms with Crippen molar-refractivity contribution in [2.75, 3.05) is 32.7 Å². The second kappa shape index (κ2) is 6.64. The number of carbonyl (C=O) groups excluding carboxylic acids is 1. The van der Waals surface area contributed by atoms with E-state index in [1.165, 1.54) is 6.26 Å². The summed E-state index contributed by atoms with van der Waals surface area (Å²) in [5.41, 5.74) is -0.449. The van der Waals surface area contributed by atoms with Crippen LogP contribution in [0.25, 0.3) is 0 Å². The molecule has 1 saturated heterocycles. The molecule has 114 valence electrons. The van der Waals surface area contributed by atoms with Crippen molar-refractivity contribution in [1.82, 2.24) is 14.8 Å². The summed E-state index contributed by atoms with van der Waals surface area (Å²) >= 11 is 0. The summed E-state index contributed by atoms with van der Waals surface area (Å²) in [6.07, 6.45) is 2.83. The Labute approximate surface area is 125 Å². The zero-order chi connectivity index (χ0) is 15.3. The van der Waals surface area contributed by atoms with Gasteiger partial charge in [0.05, 0.1) is 12.7 Å². The van der Waals surface area contributed by atoms with E-state index < -0.39 is 5.60 Å². The second-order valence-electron chi connectivity index (χ2n) is 5.88. The smallest absolute Gasteiger partial charge is 0.410 e. The summed E-state index contributed by atoms with van der Waals surface area (Å²) in [5, 5.41) is 0. The van der Waals surface area contributed by atoms with Crippen LogP contribution in [0.5, 0.6) is 0 Å². The average Bonchev–Trinajstić information content (AvgIpc) is 2.91. The SMILES string of the molecule is CC(C)(C)OC(=O)N1CCN(CC#Cc2ncco2)CC1. The van der Waals surface area contributed by atoms with Crippen LogP contribution in [0.4, 0.5) is 4.79 Å². The highest BCUT2D eigenvalue weighted by Crippen LogP contribution is 2.11. The highest BCUT2D eigenvalue weighted by Gasteiger charge is 2.25. The standard InChI is InChI=1S/C15H21N3O3/c1-15(2,3)21-14(19)18-10-8-17(9-11-18)7-4-5-13-16-6-12-20-13/h6,12H,7-11H2,1-3H3. The molecule has 0 aliphatic carbocycles. The Kier molecular flexibility index (Phi) is 4.86. The van der Waals surface area contributed by atoms with Crippen LogP contribution >= 0.6 is 0 Å². The molecule has 2 heterocycles. The Bertz CT molecular complexity index is 515. The Morgan fingerprint density at radius 1 is 1.38 bits per heavy atom. The van der Waals surface area contributed by atoms with Gasteiger partial charge in [-0.1, -0.05) is 5.92 Å². The van der Waals surface area contributed by atoms with Gasteiger partial charge in [0, 0.05) is 26.2 Å². The Hall–Kier alpha value is -2.00. The fraction of sp³-hybridized carbons (Fsp3) is 0.600. The maximum absolute atomic E-state index is 11.9. The van der Waals surface area contributed by atoms with Crippen LogP contribution in [0, 0.1) is 11.8 Å². The number of carbonyl (C=O) groups is 1. The van der Waals surface area contributed by atoms with Crippen LogP contribution in [0.2, 0.25) is 0 Å². The lowest BCUT2D eigenvalue weighted by molar-refractivity contribution is 0.0155. The molecular formula is C15H21N3O3. The van der Waals surface area contributed by atoms with Gasteiger partial charge in [0.25, 0.3) is 5.89 Å². The molecule has 1 aliphatic heterocycles. The van der Waals surface area contributed by atoms with Crippen molar-refractivity contribution in [3.8, 4) is 11.8 Å². The van der Waals surface area contributed by atoms with Crippen molar-refractivity contribution < 1.29 is 13.9 Å². The van der Waals surface area contributed by atoms with E-state index >= 15 is 0 Å². The van der Waals surface area contributed by atoms with Gasteiger partial charge in [-0.05, 0) is 26.7 Å². The summed E-state index contributed by atoms with van der Waals surface area (Å²) in [7, 11) is 0. The van der Waals surface area contributed by atoms with Crippen LogP contribution in [-0.4, -0.2) is 59.2 Å². The first-order valence-corrected chi connectivity index (χ1v) is 7.03. The predicted octanol–water partition coefficient (Wildman–Crippen LogP) is 1.58. The number of nitrogens with zero attached hydrogens (tertiary/aromatic N) is 3. The van der Waals surface area contributed by atoms with Crippen molar-refractivity contribution in [3.63, 3.8) is 0 Å². The van der Waals surface area contributed by atoms with Crippen molar-refractivity contribution in [2.24, 2.45) is 0 Å². The summed E-state index contributed by atoms with van der Waals surface area (Å²) in [6, 6.07) is 0. The van der Waals surface area contributed by atoms with E-state index in [0.29, 0.717) is 25.5 Å². The molecule has 0 saturated carbocycles. The molecule has 1 aliphatic rings. The number of rotatable bonds is 1. The van der Waals surface area contributed by atoms with Gasteiger partial charge >= 0.3 is 6.09 Å². The Balaban J connectivity index is 1.74. The van der Waals surface area contributed by atoms with Crippen molar-refractivity contribution in [3.05, 3.63) is 18.4 Å². The molecule has 0 atom stereocenters. The zero-order valence-corrected chi connectivity index (χ0v) is 12.8. The molecule has 0 aromatic carbocycles. The molecule has 0 radical (unpaired) electrons. The van der Waals surface area contributed by atoms with Crippen molar-refractivity contribution >= 4 is 6.09 Å². The van der Waals surface area contributed by atoms with E-state index in [2.05, 4.69) is 21.7 Å². The van der Waals surface area contributed by atoms with E-state index in [-0.39, 0.29) is 6.09 Å². The molecule has 0 bridgehead atoms. The number of hydrogen-bond acceptors (Lipinski definition) is 5. The van der Waals surface area contributed by atoms with E-state index in [4.69, 9.17) is 9.15 Å². The number of aromatic nitrogens is 1. The Morgan fingerprint density at radius 3 is 2.67 bits per heavy atom. The molecule has 6 nitrogen and oxygen atoms in total. The van der Waals surface area contributed by atoms with Gasteiger partial charge in [-0.2, -0.15) is 0 Å². The third-order valence-corrected chi connectivity index (χ3v) is 2.95. The van der Waals surface area contributed by atoms with Gasteiger partial charge in [0.1, 0.15) is 11.9 Å². The molecule has 21 heavy (non-hydrogen) atoms. The summed E-state index contributed by atoms with van der Waals surface area (Å²) < 4.78 is 10.4. The molecule has 0 unspecified atom stereocenters. The van der Waals surface area contributed by atoms with E-state index in [1.54, 1.807) is 11.1 Å². The van der Waals surface area contributed by atoms with Gasteiger partial charge in [-0.25, -0.2) is 9.78 Å². The highest BCUT2D eigenvalue weighted by atomic mass is 16.6. The molecule has 6 heteroatoms. The van der Waals surface area contributed by atoms with Crippen molar-refractivity contribution in [1.29, 1.82) is 0 Å². The average molecular weight is 291 g/mol. The fourth-order valence-corrected chi connectivity index (χ4v) is 1.93. The van der Waals surface area contributed by atoms with Gasteiger partial charge in [-0.15, -0.1) is 0 Å². The van der Waals surface area contributed by atoms with Gasteiger partial charge in [0.2, 0.25) is 0 Å². The molecule has 1 amide bonds. The summed E-state index contributed by atoms with van der Waals surface area (Å²) in [6.45, 7) is 9.17. The number of ether oxygens (including phenoxy) is 1. The molecule has 1 fully saturated rings. The van der Waals surface area contributed by atoms with E-state index in [9.17, 15) is 4.79 Å². The predicted molar refractivity (Wildman–Crippen MR) is 77.6 cm³/mol. The first-order chi connectivity index (χ1) is 9.94. The number of hydrogen-bond donors (Lipinski definition) is 0. The molecule has 1 aromatic rings. The highest BCUT2D eigenvalue weighted by molar-refractivity contribution is 5.68. The molecule has 0 N–H and O–H groups in total. The number of amides is 1. The molecule has 0 spiro atoms. The largest absolute Gasteiger partial charge is 0.444 e. The first-order valence-electron chi connectivity index (χ1n) is 7.03. The lowest BCUT2D eigenvalue weighted by Gasteiger charge is -2.34. The van der Waals surface area contributed by atoms with Crippen LogP contribution in [0.3, 0.4) is 0 Å². The lowest BCUT2D eigenvalue weighted by Crippen LogP contribution is -2.50. The quantitative estimate of drug-likeness (QED) is 0.735. The van der Waals surface area contributed by atoms with Crippen molar-refractivity contribution in [2.45, 2.75) is 26.4 Å². The van der Waals surface area contributed by atoms with Crippen LogP contribution in [0.1, 0.15) is 26.7 Å². The first kappa shape index (κ1) is 15.4. The molecular weight excluding hydrogens is 270 g/mol. The van der Waals surface area contributed by atoms with Crippen LogP contribution < -0.4 is 0 Å². The number of piperazine rings is 1. The maximum Gasteiger partial charge on any atom is 0.410 e. The fourth-order valence-electron chi connectivity index (χ4n) is 1.93. The summed E-state index contributed by atoms with van der Waals surface area (Å²) in [4.78, 5) is 19.8. The van der Waals surface area contributed by atoms with Gasteiger partial charge < -0.3 is 14.1 Å². The molecule has 1 aromatic heterocycles. The van der Waals surface area contributed by atoms with Crippen LogP contribution in [0.15, 0.2) is 16.9 Å². The van der Waals surface area contributed by atoms with E-state index in [0.717, 1.165) is 13.1 Å². The third-order valence-electron chi connectivity index (χ3n) is 2.95. The normalized spacial score (nSPS) is 16.2. The minimum Gasteiger partial charge on any atom is -0.444 e. The van der Waals surface area contributed by atoms with Gasteiger partial charge in [0.15, 0.2) is 0 Å². The minimum atomic E-state index is -0.449. The Morgan fingerprint density at radius 2 is 2.10 bits per heavy atom. The maximum atomic E-state index is 11.9. The number of oxazole rings is 1. The molecule has 2 rings (SSSR count). The topological polar surface area (TPSA) is 58.8 Å². The third kappa shape index (κ3) is 5.12. The summed E-state index contributed by atoms with van der Waals surface area (Å²) in [5.74, 6) is 6.32. The monoisotopic (exact) mass is 291 g/mol. The van der Waals surface area contributed by atoms with E-state index in [1.807, 2.05) is 20.8 Å². The second-order valence-corrected chi connectivity index (χ2v) is 5.88. The zero-order valence-electron chi connectivity index (χ0n) is 12.8. The van der Waals surface area contributed by atoms with Crippen LogP contribution in [-0.2, 0) is 4.74 Å². The van der Waals surface area contributed by atoms with Gasteiger partial charge in [-0.3, -0.25) is 4.90 Å². The lowest BCUT2D eigenvalue weighted by atomic mass is 10.2. The minimum absolute atomic E-state index is 0.243.